The lowest BCUT2D eigenvalue weighted by atomic mass is 9.99. The Bertz CT molecular complexity index is 674. The summed E-state index contributed by atoms with van der Waals surface area (Å²) in [5.74, 6) is -7.27. The van der Waals surface area contributed by atoms with Crippen LogP contribution in [-0.2, 0) is 0 Å². The molecule has 7 heteroatoms. The Morgan fingerprint density at radius 3 is 2.05 bits per heavy atom. The standard InChI is InChI=1S/C13H6BrF5O/c14-6-2-4-7(15)9(11(6)18)13(20)5-1-3-8(16)12(19)10(5)17/h1-4,13,20H. The smallest absolute Gasteiger partial charge is 0.194 e. The van der Waals surface area contributed by atoms with Gasteiger partial charge < -0.3 is 5.11 Å². The van der Waals surface area contributed by atoms with Gasteiger partial charge in [-0.3, -0.25) is 0 Å². The van der Waals surface area contributed by atoms with Gasteiger partial charge in [-0.2, -0.15) is 0 Å². The molecule has 1 N–H and O–H groups in total. The molecule has 0 aliphatic rings. The van der Waals surface area contributed by atoms with E-state index < -0.39 is 46.3 Å². The third-order valence-corrected chi connectivity index (χ3v) is 3.32. The topological polar surface area (TPSA) is 20.2 Å². The van der Waals surface area contributed by atoms with Gasteiger partial charge in [0.15, 0.2) is 17.5 Å². The van der Waals surface area contributed by atoms with Gasteiger partial charge in [0, 0.05) is 5.56 Å². The molecule has 0 spiro atoms. The molecule has 0 aromatic heterocycles. The van der Waals surface area contributed by atoms with Gasteiger partial charge in [0.1, 0.15) is 17.7 Å². The number of rotatable bonds is 2. The van der Waals surface area contributed by atoms with Crippen LogP contribution in [0.15, 0.2) is 28.7 Å². The summed E-state index contributed by atoms with van der Waals surface area (Å²) in [5, 5.41) is 9.84. The second-order valence-corrected chi connectivity index (χ2v) is 4.78. The van der Waals surface area contributed by atoms with Crippen LogP contribution in [0.5, 0.6) is 0 Å². The molecule has 0 amide bonds. The molecule has 0 aliphatic heterocycles. The van der Waals surface area contributed by atoms with E-state index >= 15 is 0 Å². The van der Waals surface area contributed by atoms with Crippen molar-refractivity contribution in [2.75, 3.05) is 0 Å². The minimum atomic E-state index is -2.11. The maximum atomic E-state index is 13.8. The largest absolute Gasteiger partial charge is 0.383 e. The number of aliphatic hydroxyl groups excluding tert-OH is 1. The van der Waals surface area contributed by atoms with Crippen LogP contribution < -0.4 is 0 Å². The summed E-state index contributed by atoms with van der Waals surface area (Å²) >= 11 is 2.79. The maximum Gasteiger partial charge on any atom is 0.194 e. The number of aliphatic hydroxyl groups is 1. The van der Waals surface area contributed by atoms with Crippen molar-refractivity contribution in [2.24, 2.45) is 0 Å². The second-order valence-electron chi connectivity index (χ2n) is 3.92. The molecule has 0 radical (unpaired) electrons. The average Bonchev–Trinajstić information content (AvgIpc) is 2.41. The number of hydrogen-bond donors (Lipinski definition) is 1. The first-order chi connectivity index (χ1) is 9.34. The predicted molar refractivity (Wildman–Crippen MR) is 64.4 cm³/mol. The fraction of sp³-hybridized carbons (Fsp3) is 0.0769. The Morgan fingerprint density at radius 1 is 0.800 bits per heavy atom. The van der Waals surface area contributed by atoms with Crippen molar-refractivity contribution in [3.8, 4) is 0 Å². The van der Waals surface area contributed by atoms with Gasteiger partial charge in [-0.05, 0) is 34.1 Å². The van der Waals surface area contributed by atoms with Crippen molar-refractivity contribution >= 4 is 15.9 Å². The molecule has 0 saturated carbocycles. The van der Waals surface area contributed by atoms with Crippen molar-refractivity contribution in [3.63, 3.8) is 0 Å². The molecular formula is C13H6BrF5O. The zero-order valence-electron chi connectivity index (χ0n) is 9.60. The van der Waals surface area contributed by atoms with E-state index in [4.69, 9.17) is 0 Å². The van der Waals surface area contributed by atoms with Crippen molar-refractivity contribution in [1.82, 2.24) is 0 Å². The molecule has 0 saturated heterocycles. The molecular weight excluding hydrogens is 347 g/mol. The fourth-order valence-electron chi connectivity index (χ4n) is 1.70. The van der Waals surface area contributed by atoms with Crippen LogP contribution in [0.3, 0.4) is 0 Å². The van der Waals surface area contributed by atoms with E-state index in [9.17, 15) is 27.1 Å². The highest BCUT2D eigenvalue weighted by Gasteiger charge is 2.26. The summed E-state index contributed by atoms with van der Waals surface area (Å²) in [4.78, 5) is 0. The van der Waals surface area contributed by atoms with Crippen molar-refractivity contribution in [2.45, 2.75) is 6.10 Å². The van der Waals surface area contributed by atoms with E-state index in [0.717, 1.165) is 18.2 Å². The Morgan fingerprint density at radius 2 is 1.40 bits per heavy atom. The molecule has 2 rings (SSSR count). The van der Waals surface area contributed by atoms with Gasteiger partial charge in [0.2, 0.25) is 0 Å². The highest BCUT2D eigenvalue weighted by Crippen LogP contribution is 2.32. The van der Waals surface area contributed by atoms with Crippen molar-refractivity contribution < 1.29 is 27.1 Å². The molecule has 20 heavy (non-hydrogen) atoms. The minimum absolute atomic E-state index is 0.157. The molecule has 2 aromatic rings. The zero-order chi connectivity index (χ0) is 15.0. The summed E-state index contributed by atoms with van der Waals surface area (Å²) in [7, 11) is 0. The van der Waals surface area contributed by atoms with Gasteiger partial charge in [-0.15, -0.1) is 0 Å². The van der Waals surface area contributed by atoms with Gasteiger partial charge >= 0.3 is 0 Å². The van der Waals surface area contributed by atoms with Crippen molar-refractivity contribution in [3.05, 3.63) is 69.0 Å². The van der Waals surface area contributed by atoms with Crippen molar-refractivity contribution in [1.29, 1.82) is 0 Å². The zero-order valence-corrected chi connectivity index (χ0v) is 11.2. The molecule has 1 atom stereocenters. The number of hydrogen-bond acceptors (Lipinski definition) is 1. The number of halogens is 6. The Kier molecular flexibility index (Phi) is 4.10. The Labute approximate surface area is 118 Å². The molecule has 0 bridgehead atoms. The third kappa shape index (κ3) is 2.43. The second kappa shape index (κ2) is 5.49. The van der Waals surface area contributed by atoms with Crippen LogP contribution in [0.4, 0.5) is 22.0 Å². The van der Waals surface area contributed by atoms with Crippen LogP contribution in [0.1, 0.15) is 17.2 Å². The average molecular weight is 353 g/mol. The third-order valence-electron chi connectivity index (χ3n) is 2.71. The molecule has 1 unspecified atom stereocenters. The Hall–Kier alpha value is -1.47. The Balaban J connectivity index is 2.61. The minimum Gasteiger partial charge on any atom is -0.383 e. The molecule has 0 fully saturated rings. The van der Waals surface area contributed by atoms with Crippen LogP contribution >= 0.6 is 15.9 Å². The first-order valence-electron chi connectivity index (χ1n) is 5.29. The lowest BCUT2D eigenvalue weighted by molar-refractivity contribution is 0.201. The van der Waals surface area contributed by atoms with E-state index in [1.54, 1.807) is 0 Å². The fourth-order valence-corrected chi connectivity index (χ4v) is 2.05. The van der Waals surface area contributed by atoms with Gasteiger partial charge in [-0.1, -0.05) is 6.07 Å². The van der Waals surface area contributed by atoms with E-state index in [0.29, 0.717) is 6.07 Å². The van der Waals surface area contributed by atoms with E-state index in [2.05, 4.69) is 15.9 Å². The van der Waals surface area contributed by atoms with E-state index in [1.807, 2.05) is 0 Å². The first kappa shape index (κ1) is 14.9. The summed E-state index contributed by atoms with van der Waals surface area (Å²) in [6.45, 7) is 0. The molecule has 0 aliphatic carbocycles. The lowest BCUT2D eigenvalue weighted by Gasteiger charge is -2.15. The van der Waals surface area contributed by atoms with Gasteiger partial charge in [0.25, 0.3) is 0 Å². The monoisotopic (exact) mass is 352 g/mol. The van der Waals surface area contributed by atoms with E-state index in [-0.39, 0.29) is 4.47 Å². The van der Waals surface area contributed by atoms with Gasteiger partial charge in [-0.25, -0.2) is 22.0 Å². The van der Waals surface area contributed by atoms with Crippen LogP contribution in [0.25, 0.3) is 0 Å². The van der Waals surface area contributed by atoms with Crippen LogP contribution in [-0.4, -0.2) is 5.11 Å². The van der Waals surface area contributed by atoms with E-state index in [1.165, 1.54) is 0 Å². The van der Waals surface area contributed by atoms with Crippen LogP contribution in [0.2, 0.25) is 0 Å². The highest BCUT2D eigenvalue weighted by molar-refractivity contribution is 9.10. The highest BCUT2D eigenvalue weighted by atomic mass is 79.9. The van der Waals surface area contributed by atoms with Gasteiger partial charge in [0.05, 0.1) is 10.0 Å². The SMILES string of the molecule is OC(c1ccc(F)c(F)c1F)c1c(F)ccc(Br)c1F. The summed E-state index contributed by atoms with van der Waals surface area (Å²) in [6, 6.07) is 3.19. The predicted octanol–water partition coefficient (Wildman–Crippen LogP) is 4.23. The molecule has 2 aromatic carbocycles. The molecule has 1 nitrogen and oxygen atoms in total. The maximum absolute atomic E-state index is 13.8. The first-order valence-corrected chi connectivity index (χ1v) is 6.08. The normalized spacial score (nSPS) is 12.6. The lowest BCUT2D eigenvalue weighted by Crippen LogP contribution is -2.10. The summed E-state index contributed by atoms with van der Waals surface area (Å²) < 4.78 is 66.6. The quantitative estimate of drug-likeness (QED) is 0.487. The summed E-state index contributed by atoms with van der Waals surface area (Å²) in [5.41, 5.74) is -1.62. The molecule has 106 valence electrons. The number of benzene rings is 2. The molecule has 0 heterocycles. The summed E-state index contributed by atoms with van der Waals surface area (Å²) in [6.07, 6.45) is -2.11. The van der Waals surface area contributed by atoms with Crippen LogP contribution in [0, 0.1) is 29.1 Å².